The summed E-state index contributed by atoms with van der Waals surface area (Å²) in [4.78, 5) is 60.5. The van der Waals surface area contributed by atoms with Crippen molar-refractivity contribution in [3.8, 4) is 121 Å². The molecular formula is C106H118N4O25Si. The Labute approximate surface area is 793 Å². The van der Waals surface area contributed by atoms with E-state index in [-0.39, 0.29) is 81.7 Å². The normalized spacial score (nSPS) is 17.0. The highest BCUT2D eigenvalue weighted by molar-refractivity contribution is 6.76. The van der Waals surface area contributed by atoms with Crippen LogP contribution in [0.2, 0.25) is 25.7 Å². The van der Waals surface area contributed by atoms with Gasteiger partial charge in [0.25, 0.3) is 11.8 Å². The van der Waals surface area contributed by atoms with Crippen LogP contribution in [0.5, 0.6) is 121 Å². The highest BCUT2D eigenvalue weighted by Gasteiger charge is 2.52. The second-order valence-corrected chi connectivity index (χ2v) is 40.0. The van der Waals surface area contributed by atoms with E-state index >= 15 is 0 Å². The van der Waals surface area contributed by atoms with Gasteiger partial charge in [-0.15, -0.1) is 0 Å². The molecule has 4 fully saturated rings. The van der Waals surface area contributed by atoms with Gasteiger partial charge < -0.3 is 111 Å². The summed E-state index contributed by atoms with van der Waals surface area (Å²) < 4.78 is 86.4. The van der Waals surface area contributed by atoms with Gasteiger partial charge in [0, 0.05) is 67.8 Å². The molecular weight excluding hydrogens is 1760 g/mol. The molecule has 30 heteroatoms. The minimum Gasteiger partial charge on any atom is -0.508 e. The van der Waals surface area contributed by atoms with Gasteiger partial charge >= 0.3 is 0 Å². The summed E-state index contributed by atoms with van der Waals surface area (Å²) in [5.74, 6) is 6.18. The Morgan fingerprint density at radius 1 is 0.316 bits per heavy atom. The van der Waals surface area contributed by atoms with Crippen LogP contribution in [0.4, 0.5) is 22.7 Å². The molecule has 4 amide bonds. The van der Waals surface area contributed by atoms with Crippen molar-refractivity contribution in [1.82, 2.24) is 0 Å². The molecule has 4 saturated heterocycles. The average molecular weight is 1880 g/mol. The lowest BCUT2D eigenvalue weighted by Crippen LogP contribution is -2.56. The summed E-state index contributed by atoms with van der Waals surface area (Å²) in [7, 11) is 23.0. The van der Waals surface area contributed by atoms with Gasteiger partial charge in [-0.05, 0) is 136 Å². The van der Waals surface area contributed by atoms with E-state index in [9.17, 15) is 44.7 Å². The van der Waals surface area contributed by atoms with Gasteiger partial charge in [0.15, 0.2) is 92.0 Å². The van der Waals surface area contributed by atoms with Crippen LogP contribution in [0.25, 0.3) is 12.2 Å². The van der Waals surface area contributed by atoms with Crippen molar-refractivity contribution in [3.63, 3.8) is 0 Å². The van der Waals surface area contributed by atoms with Crippen LogP contribution in [0.15, 0.2) is 211 Å². The van der Waals surface area contributed by atoms with E-state index in [1.165, 1.54) is 98.0 Å². The minimum atomic E-state index is -1.33. The molecule has 0 aliphatic carbocycles. The molecule has 0 unspecified atom stereocenters. The molecule has 29 nitrogen and oxygen atoms in total. The SMILES string of the molecule is COc1ccc([C@H]2/C(=C/c3ccc(C(C)(C)C)cc3)C(=O)N2c2cc(OC)c(OC)c(OC)c2)cc1O.COc1ccc([C@H]2/C(=C/c3ccccc3)C(=O)N2c2cc(OC)c(OC)c(OC)c2)cc1O.COc1ccc([C@H]2[C@@H](CC[Si](C)(C)C)C(=O)N2c2cc(OC)c(OC)c(OC)c2)cc1O.COc1ccc([C@H]2[C@@H](Cc3ccc(O)cc3)C(=O)N2c2cc(OC)c(OC)c(OC)c2)cc1O. The number of phenols is 5. The molecule has 4 aliphatic heterocycles. The number of hydrogen-bond acceptors (Lipinski definition) is 25. The summed E-state index contributed by atoms with van der Waals surface area (Å²) in [5, 5.41) is 51.3. The van der Waals surface area contributed by atoms with Gasteiger partial charge in [0.2, 0.25) is 34.8 Å². The molecule has 716 valence electrons. The Hall–Kier alpha value is -15.2. The summed E-state index contributed by atoms with van der Waals surface area (Å²) in [6.45, 7) is 13.4. The first-order valence-electron chi connectivity index (χ1n) is 43.6. The number of β-lactam (4-membered cyclic amide) rings is 4. The highest BCUT2D eigenvalue weighted by atomic mass is 28.3. The number of rotatable bonds is 31. The summed E-state index contributed by atoms with van der Waals surface area (Å²) in [6, 6.07) is 58.9. The zero-order valence-electron chi connectivity index (χ0n) is 80.5. The zero-order valence-corrected chi connectivity index (χ0v) is 81.5. The maximum Gasteiger partial charge on any atom is 0.257 e. The predicted octanol–water partition coefficient (Wildman–Crippen LogP) is 19.4. The van der Waals surface area contributed by atoms with Crippen LogP contribution >= 0.6 is 0 Å². The molecule has 5 N–H and O–H groups in total. The second kappa shape index (κ2) is 43.2. The molecule has 136 heavy (non-hydrogen) atoms. The average Bonchev–Trinajstić information content (AvgIpc) is 0.741. The molecule has 0 spiro atoms. The molecule has 0 saturated carbocycles. The number of amides is 4. The molecule has 15 rings (SSSR count). The van der Waals surface area contributed by atoms with E-state index < -0.39 is 20.2 Å². The largest absolute Gasteiger partial charge is 0.508 e. The molecule has 0 radical (unpaired) electrons. The fourth-order valence-corrected chi connectivity index (χ4v) is 18.3. The lowest BCUT2D eigenvalue weighted by Gasteiger charge is -2.48. The van der Waals surface area contributed by atoms with Gasteiger partial charge in [-0.2, -0.15) is 0 Å². The monoisotopic (exact) mass is 1870 g/mol. The minimum absolute atomic E-state index is 0.00162. The quantitative estimate of drug-likeness (QED) is 0.0153. The van der Waals surface area contributed by atoms with Gasteiger partial charge in [-0.1, -0.05) is 137 Å². The van der Waals surface area contributed by atoms with E-state index in [0.29, 0.717) is 132 Å². The number of methoxy groups -OCH3 is 16. The lowest BCUT2D eigenvalue weighted by molar-refractivity contribution is -0.131. The molecule has 6 atom stereocenters. The van der Waals surface area contributed by atoms with Gasteiger partial charge in [-0.3, -0.25) is 29.0 Å². The van der Waals surface area contributed by atoms with E-state index in [1.807, 2.05) is 78.9 Å². The van der Waals surface area contributed by atoms with Crippen LogP contribution in [0, 0.1) is 11.8 Å². The Bertz CT molecular complexity index is 6110. The van der Waals surface area contributed by atoms with Crippen molar-refractivity contribution < 1.29 is 121 Å². The zero-order chi connectivity index (χ0) is 98.5. The van der Waals surface area contributed by atoms with Crippen LogP contribution in [-0.2, 0) is 31.0 Å². The third kappa shape index (κ3) is 20.9. The van der Waals surface area contributed by atoms with E-state index in [1.54, 1.807) is 162 Å². The van der Waals surface area contributed by atoms with Crippen molar-refractivity contribution in [3.05, 3.63) is 256 Å². The standard InChI is InChI=1S/C30H33NO6.C26H27NO7.C26H25NO6.C24H33NO6Si/c1-30(2,3)20-11-8-18(9-12-20)14-22-27(19-10-13-24(34-4)23(32)15-19)31(29(22)33)21-16-25(35-5)28(37-7)26(17-21)36-6;1-31-21-10-7-16(12-20(21)29)24-19(11-15-5-8-18(28)9-6-15)26(30)27(24)17-13-22(32-2)25(34-4)23(14-17)33-3;1-30-21-11-10-17(13-20(21)28)24-19(12-16-8-6-5-7-9-16)26(29)27(24)18-14-22(31-2)25(33-4)23(15-18)32-3;1-28-19-9-8-15(12-18(19)26)22-17(10-11-32(5,6)7)24(27)25(22)16-13-20(29-2)23(31-4)21(14-16)30-3/h8-17,27,32H,1-7H3;5-10,12-14,19,24,28-29H,11H2,1-4H3;5-15,24,28H,1-4H3;8-9,12-14,17,22,26H,10-11H2,1-7H3/b22-14-;;19-12-;/t27-;19-,24+;24-;17-,22+/m0101/s1. The number of benzene rings is 11. The molecule has 4 heterocycles. The topological polar surface area (TPSA) is 330 Å². The molecule has 0 bridgehead atoms. The number of carbonyl (C=O) groups excluding carboxylic acids is 4. The fraction of sp³-hybridized carbons (Fsp3) is 0.302. The summed E-state index contributed by atoms with van der Waals surface area (Å²) in [6.07, 6.45) is 5.04. The first kappa shape index (κ1) is 99.8. The number of carbonyl (C=O) groups is 4. The number of phenolic OH excluding ortho intramolecular Hbond substituents is 5. The van der Waals surface area contributed by atoms with Gasteiger partial charge in [0.05, 0.1) is 173 Å². The Balaban J connectivity index is 0.000000163. The van der Waals surface area contributed by atoms with Gasteiger partial charge in [0.1, 0.15) is 5.75 Å². The Kier molecular flexibility index (Phi) is 31.7. The highest BCUT2D eigenvalue weighted by Crippen LogP contribution is 2.56. The first-order chi connectivity index (χ1) is 65.2. The first-order valence-corrected chi connectivity index (χ1v) is 47.3. The summed E-state index contributed by atoms with van der Waals surface area (Å²) >= 11 is 0. The van der Waals surface area contributed by atoms with Crippen molar-refractivity contribution in [2.45, 2.75) is 88.9 Å². The number of nitrogens with zero attached hydrogens (tertiary/aromatic N) is 4. The van der Waals surface area contributed by atoms with E-state index in [0.717, 1.165) is 51.4 Å². The molecule has 4 aliphatic rings. The van der Waals surface area contributed by atoms with Crippen molar-refractivity contribution in [2.24, 2.45) is 11.8 Å². The predicted molar refractivity (Wildman–Crippen MR) is 523 cm³/mol. The smallest absolute Gasteiger partial charge is 0.257 e. The number of hydrogen-bond donors (Lipinski definition) is 5. The maximum atomic E-state index is 13.6. The number of ether oxygens (including phenoxy) is 16. The molecule has 11 aromatic carbocycles. The second-order valence-electron chi connectivity index (χ2n) is 34.4. The Morgan fingerprint density at radius 3 is 0.897 bits per heavy atom. The molecule has 11 aromatic rings. The van der Waals surface area contributed by atoms with Crippen LogP contribution in [-0.4, -0.2) is 171 Å². The van der Waals surface area contributed by atoms with E-state index in [2.05, 4.69) is 52.5 Å². The Morgan fingerprint density at radius 2 is 0.603 bits per heavy atom. The third-order valence-corrected chi connectivity index (χ3v) is 25.9. The van der Waals surface area contributed by atoms with Crippen LogP contribution < -0.4 is 95.4 Å². The van der Waals surface area contributed by atoms with E-state index in [4.69, 9.17) is 75.8 Å². The summed E-state index contributed by atoms with van der Waals surface area (Å²) in [5.41, 5.74) is 10.7. The van der Waals surface area contributed by atoms with Crippen LogP contribution in [0.1, 0.15) is 95.9 Å². The maximum absolute atomic E-state index is 13.6. The fourth-order valence-electron chi connectivity index (χ4n) is 17.1. The number of anilines is 4. The lowest BCUT2D eigenvalue weighted by atomic mass is 9.78. The van der Waals surface area contributed by atoms with Crippen molar-refractivity contribution in [1.29, 1.82) is 0 Å². The van der Waals surface area contributed by atoms with Crippen molar-refractivity contribution >= 4 is 66.6 Å². The third-order valence-electron chi connectivity index (χ3n) is 24.1. The number of aromatic hydroxyl groups is 5. The van der Waals surface area contributed by atoms with Crippen molar-refractivity contribution in [2.75, 3.05) is 133 Å². The molecule has 0 aromatic heterocycles. The van der Waals surface area contributed by atoms with Crippen LogP contribution in [0.3, 0.4) is 0 Å². The van der Waals surface area contributed by atoms with Gasteiger partial charge in [-0.25, -0.2) is 0 Å².